The third-order valence-electron chi connectivity index (χ3n) is 7.18. The van der Waals surface area contributed by atoms with Crippen LogP contribution in [0.3, 0.4) is 0 Å². The molecule has 4 aromatic carbocycles. The standard InChI is InChI=1S/C35H33ClN2O5/c1-22(2)43-30-15-10-26(11-16-30)27-12-17-32-31(19-27)33(37(23(3)39)20-24-8-13-29(42-4)14-9-24)34(35(40)41)38(32)21-25-6-5-7-28(36)18-25/h5-19,22H,20-21H2,1-4H3,(H,40,41). The summed E-state index contributed by atoms with van der Waals surface area (Å²) in [6, 6.07) is 28.3. The van der Waals surface area contributed by atoms with E-state index in [1.54, 1.807) is 17.7 Å². The highest BCUT2D eigenvalue weighted by atomic mass is 35.5. The molecule has 5 rings (SSSR count). The number of aromatic nitrogens is 1. The van der Waals surface area contributed by atoms with E-state index >= 15 is 0 Å². The van der Waals surface area contributed by atoms with Gasteiger partial charge in [0.05, 0.1) is 31.0 Å². The molecule has 0 aliphatic carbocycles. The Hall–Kier alpha value is -4.75. The Balaban J connectivity index is 1.70. The molecule has 0 radical (unpaired) electrons. The lowest BCUT2D eigenvalue weighted by Gasteiger charge is -2.22. The van der Waals surface area contributed by atoms with Gasteiger partial charge >= 0.3 is 5.97 Å². The predicted octanol–water partition coefficient (Wildman–Crippen LogP) is 8.06. The second-order valence-electron chi connectivity index (χ2n) is 10.6. The van der Waals surface area contributed by atoms with Gasteiger partial charge in [-0.15, -0.1) is 0 Å². The average molecular weight is 597 g/mol. The highest BCUT2D eigenvalue weighted by molar-refractivity contribution is 6.30. The van der Waals surface area contributed by atoms with Crippen LogP contribution in [0, 0.1) is 0 Å². The Morgan fingerprint density at radius 2 is 1.56 bits per heavy atom. The van der Waals surface area contributed by atoms with E-state index in [1.807, 2.05) is 98.8 Å². The summed E-state index contributed by atoms with van der Waals surface area (Å²) in [6.45, 7) is 5.84. The van der Waals surface area contributed by atoms with Gasteiger partial charge < -0.3 is 24.0 Å². The van der Waals surface area contributed by atoms with E-state index in [1.165, 1.54) is 11.8 Å². The summed E-state index contributed by atoms with van der Waals surface area (Å²) >= 11 is 6.27. The number of rotatable bonds is 10. The van der Waals surface area contributed by atoms with Crippen molar-refractivity contribution in [1.82, 2.24) is 4.57 Å². The lowest BCUT2D eigenvalue weighted by atomic mass is 10.0. The van der Waals surface area contributed by atoms with Gasteiger partial charge in [0, 0.05) is 23.9 Å². The molecule has 1 heterocycles. The second kappa shape index (κ2) is 12.6. The van der Waals surface area contributed by atoms with Crippen LogP contribution in [0.4, 0.5) is 5.69 Å². The minimum absolute atomic E-state index is 0.0246. The lowest BCUT2D eigenvalue weighted by molar-refractivity contribution is -0.116. The van der Waals surface area contributed by atoms with Crippen LogP contribution in [0.5, 0.6) is 11.5 Å². The van der Waals surface area contributed by atoms with Gasteiger partial charge in [0.25, 0.3) is 0 Å². The molecule has 0 aliphatic rings. The molecule has 0 spiro atoms. The van der Waals surface area contributed by atoms with Crippen LogP contribution in [0.25, 0.3) is 22.0 Å². The maximum absolute atomic E-state index is 13.3. The second-order valence-corrected chi connectivity index (χ2v) is 11.0. The van der Waals surface area contributed by atoms with Crippen LogP contribution >= 0.6 is 11.6 Å². The number of aromatic carboxylic acids is 1. The highest BCUT2D eigenvalue weighted by Gasteiger charge is 2.29. The van der Waals surface area contributed by atoms with Crippen molar-refractivity contribution in [2.45, 2.75) is 40.0 Å². The molecule has 43 heavy (non-hydrogen) atoms. The fourth-order valence-corrected chi connectivity index (χ4v) is 5.46. The monoisotopic (exact) mass is 596 g/mol. The highest BCUT2D eigenvalue weighted by Crippen LogP contribution is 2.39. The van der Waals surface area contributed by atoms with Crippen molar-refractivity contribution in [2.75, 3.05) is 12.0 Å². The third kappa shape index (κ3) is 6.52. The number of anilines is 1. The van der Waals surface area contributed by atoms with E-state index in [0.717, 1.165) is 28.0 Å². The third-order valence-corrected chi connectivity index (χ3v) is 7.41. The van der Waals surface area contributed by atoms with Crippen LogP contribution in [0.15, 0.2) is 91.0 Å². The maximum atomic E-state index is 13.3. The van der Waals surface area contributed by atoms with Crippen molar-refractivity contribution in [3.05, 3.63) is 113 Å². The summed E-state index contributed by atoms with van der Waals surface area (Å²) in [7, 11) is 1.59. The van der Waals surface area contributed by atoms with Gasteiger partial charge in [0.1, 0.15) is 11.5 Å². The van der Waals surface area contributed by atoms with Crippen LogP contribution in [0.2, 0.25) is 5.02 Å². The van der Waals surface area contributed by atoms with E-state index in [-0.39, 0.29) is 30.8 Å². The van der Waals surface area contributed by atoms with Crippen LogP contribution in [-0.4, -0.2) is 34.8 Å². The van der Waals surface area contributed by atoms with Crippen molar-refractivity contribution >= 4 is 40.1 Å². The van der Waals surface area contributed by atoms with Gasteiger partial charge in [-0.05, 0) is 84.6 Å². The first kappa shape index (κ1) is 29.7. The number of fused-ring (bicyclic) bond motifs is 1. The number of amides is 1. The normalized spacial score (nSPS) is 11.1. The zero-order chi connectivity index (χ0) is 30.7. The van der Waals surface area contributed by atoms with E-state index in [4.69, 9.17) is 21.1 Å². The van der Waals surface area contributed by atoms with Gasteiger partial charge in [-0.25, -0.2) is 4.79 Å². The Labute approximate surface area is 255 Å². The molecule has 1 amide bonds. The molecule has 1 aromatic heterocycles. The smallest absolute Gasteiger partial charge is 0.354 e. The molecule has 220 valence electrons. The zero-order valence-corrected chi connectivity index (χ0v) is 25.3. The lowest BCUT2D eigenvalue weighted by Crippen LogP contribution is -2.29. The number of carboxylic acids is 1. The molecule has 0 unspecified atom stereocenters. The molecule has 8 heteroatoms. The van der Waals surface area contributed by atoms with Crippen molar-refractivity contribution in [3.63, 3.8) is 0 Å². The van der Waals surface area contributed by atoms with E-state index in [9.17, 15) is 14.7 Å². The van der Waals surface area contributed by atoms with E-state index in [0.29, 0.717) is 27.4 Å². The Morgan fingerprint density at radius 3 is 2.16 bits per heavy atom. The largest absolute Gasteiger partial charge is 0.497 e. The van der Waals surface area contributed by atoms with Crippen molar-refractivity contribution in [3.8, 4) is 22.6 Å². The number of hydrogen-bond donors (Lipinski definition) is 1. The topological polar surface area (TPSA) is 81.0 Å². The van der Waals surface area contributed by atoms with Crippen molar-refractivity contribution in [2.24, 2.45) is 0 Å². The fourth-order valence-electron chi connectivity index (χ4n) is 5.25. The van der Waals surface area contributed by atoms with Crippen LogP contribution in [-0.2, 0) is 17.9 Å². The number of carboxylic acid groups (broad SMARTS) is 1. The molecule has 0 fully saturated rings. The quantitative estimate of drug-likeness (QED) is 0.176. The molecule has 1 N–H and O–H groups in total. The van der Waals surface area contributed by atoms with Gasteiger partial charge in [-0.3, -0.25) is 4.79 Å². The molecular formula is C35H33ClN2O5. The van der Waals surface area contributed by atoms with Gasteiger partial charge in [0.15, 0.2) is 5.69 Å². The number of methoxy groups -OCH3 is 1. The Morgan fingerprint density at radius 1 is 0.884 bits per heavy atom. The van der Waals surface area contributed by atoms with Crippen molar-refractivity contribution < 1.29 is 24.2 Å². The van der Waals surface area contributed by atoms with Crippen LogP contribution in [0.1, 0.15) is 42.4 Å². The Bertz CT molecular complexity index is 1780. The van der Waals surface area contributed by atoms with E-state index in [2.05, 4.69) is 0 Å². The minimum Gasteiger partial charge on any atom is -0.497 e. The average Bonchev–Trinajstić information content (AvgIpc) is 3.29. The first-order chi connectivity index (χ1) is 20.6. The SMILES string of the molecule is COc1ccc(CN(C(C)=O)c2c(C(=O)O)n(Cc3cccc(Cl)c3)c3ccc(-c4ccc(OC(C)C)cc4)cc23)cc1. The van der Waals surface area contributed by atoms with Gasteiger partial charge in [0.2, 0.25) is 5.91 Å². The fraction of sp³-hybridized carbons (Fsp3) is 0.200. The van der Waals surface area contributed by atoms with Gasteiger partial charge in [-0.2, -0.15) is 0 Å². The minimum atomic E-state index is -1.13. The number of nitrogens with zero attached hydrogens (tertiary/aromatic N) is 2. The summed E-state index contributed by atoms with van der Waals surface area (Å²) in [5.74, 6) is 0.0483. The summed E-state index contributed by atoms with van der Waals surface area (Å²) in [5, 5.41) is 11.8. The molecule has 0 saturated carbocycles. The molecule has 5 aromatic rings. The number of hydrogen-bond acceptors (Lipinski definition) is 4. The maximum Gasteiger partial charge on any atom is 0.354 e. The molecule has 0 saturated heterocycles. The molecule has 0 atom stereocenters. The number of carbonyl (C=O) groups is 2. The number of halogens is 1. The molecular weight excluding hydrogens is 564 g/mol. The summed E-state index contributed by atoms with van der Waals surface area (Å²) < 4.78 is 12.8. The molecule has 0 aliphatic heterocycles. The number of carbonyl (C=O) groups excluding carboxylic acids is 1. The van der Waals surface area contributed by atoms with Gasteiger partial charge in [-0.1, -0.05) is 54.1 Å². The molecule has 7 nitrogen and oxygen atoms in total. The summed E-state index contributed by atoms with van der Waals surface area (Å²) in [4.78, 5) is 27.8. The predicted molar refractivity (Wildman–Crippen MR) is 171 cm³/mol. The number of ether oxygens (including phenoxy) is 2. The van der Waals surface area contributed by atoms with Crippen molar-refractivity contribution in [1.29, 1.82) is 0 Å². The summed E-state index contributed by atoms with van der Waals surface area (Å²) in [6.07, 6.45) is 0.0572. The first-order valence-electron chi connectivity index (χ1n) is 14.0. The molecule has 0 bridgehead atoms. The zero-order valence-electron chi connectivity index (χ0n) is 24.5. The van der Waals surface area contributed by atoms with Crippen LogP contribution < -0.4 is 14.4 Å². The summed E-state index contributed by atoms with van der Waals surface area (Å²) in [5.41, 5.74) is 4.55. The number of benzene rings is 4. The van der Waals surface area contributed by atoms with E-state index < -0.39 is 5.97 Å². The first-order valence-corrected chi connectivity index (χ1v) is 14.3. The Kier molecular flexibility index (Phi) is 8.73.